The predicted molar refractivity (Wildman–Crippen MR) is 78.2 cm³/mol. The first kappa shape index (κ1) is 13.0. The van der Waals surface area contributed by atoms with Gasteiger partial charge in [-0.15, -0.1) is 5.10 Å². The maximum atomic E-state index is 10.6. The van der Waals surface area contributed by atoms with Crippen molar-refractivity contribution in [3.8, 4) is 16.9 Å². The molecule has 1 heterocycles. The van der Waals surface area contributed by atoms with E-state index < -0.39 is 4.92 Å². The molecule has 0 spiro atoms. The van der Waals surface area contributed by atoms with Crippen LogP contribution in [0.5, 0.6) is 0 Å². The third-order valence-electron chi connectivity index (χ3n) is 3.17. The summed E-state index contributed by atoms with van der Waals surface area (Å²) in [4.78, 5) is 10.2. The van der Waals surface area contributed by atoms with E-state index in [0.717, 1.165) is 16.9 Å². The summed E-state index contributed by atoms with van der Waals surface area (Å²) in [5.41, 5.74) is 3.70. The average molecular weight is 280 g/mol. The maximum absolute atomic E-state index is 10.6. The van der Waals surface area contributed by atoms with Gasteiger partial charge >= 0.3 is 0 Å². The summed E-state index contributed by atoms with van der Waals surface area (Å²) in [6, 6.07) is 14.2. The molecule has 6 nitrogen and oxygen atoms in total. The van der Waals surface area contributed by atoms with E-state index in [1.807, 2.05) is 31.2 Å². The van der Waals surface area contributed by atoms with Crippen LogP contribution in [0.25, 0.3) is 16.9 Å². The smallest absolute Gasteiger partial charge is 0.258 e. The summed E-state index contributed by atoms with van der Waals surface area (Å²) < 4.78 is 1.60. The fourth-order valence-corrected chi connectivity index (χ4v) is 1.97. The lowest BCUT2D eigenvalue weighted by Gasteiger charge is -1.99. The molecule has 0 radical (unpaired) electrons. The van der Waals surface area contributed by atoms with Crippen LogP contribution in [0.3, 0.4) is 0 Å². The van der Waals surface area contributed by atoms with Crippen molar-refractivity contribution in [1.82, 2.24) is 15.0 Å². The van der Waals surface area contributed by atoms with Crippen LogP contribution in [-0.2, 0) is 0 Å². The largest absolute Gasteiger partial charge is 0.269 e. The van der Waals surface area contributed by atoms with Crippen molar-refractivity contribution in [2.45, 2.75) is 6.92 Å². The van der Waals surface area contributed by atoms with Gasteiger partial charge < -0.3 is 0 Å². The lowest BCUT2D eigenvalue weighted by atomic mass is 10.1. The van der Waals surface area contributed by atoms with Crippen LogP contribution in [0, 0.1) is 17.0 Å². The second-order valence-electron chi connectivity index (χ2n) is 4.69. The summed E-state index contributed by atoms with van der Waals surface area (Å²) >= 11 is 0. The minimum absolute atomic E-state index is 0.0534. The fourth-order valence-electron chi connectivity index (χ4n) is 1.97. The Morgan fingerprint density at radius 3 is 2.33 bits per heavy atom. The number of benzene rings is 2. The second kappa shape index (κ2) is 5.16. The highest BCUT2D eigenvalue weighted by Gasteiger charge is 2.08. The van der Waals surface area contributed by atoms with E-state index in [2.05, 4.69) is 10.3 Å². The van der Waals surface area contributed by atoms with Crippen LogP contribution in [0.4, 0.5) is 5.69 Å². The van der Waals surface area contributed by atoms with Crippen molar-refractivity contribution in [2.75, 3.05) is 0 Å². The first-order valence-electron chi connectivity index (χ1n) is 6.38. The van der Waals surface area contributed by atoms with Crippen LogP contribution in [0.1, 0.15) is 5.56 Å². The molecular formula is C15H12N4O2. The molecule has 1 aromatic heterocycles. The molecule has 6 heteroatoms. The Balaban J connectivity index is 1.90. The van der Waals surface area contributed by atoms with Gasteiger partial charge in [-0.25, -0.2) is 4.68 Å². The van der Waals surface area contributed by atoms with Crippen molar-refractivity contribution < 1.29 is 4.92 Å². The molecule has 0 amide bonds. The zero-order chi connectivity index (χ0) is 14.8. The number of nitro benzene ring substituents is 1. The molecule has 0 saturated heterocycles. The third-order valence-corrected chi connectivity index (χ3v) is 3.17. The van der Waals surface area contributed by atoms with E-state index in [1.165, 1.54) is 17.7 Å². The fraction of sp³-hybridized carbons (Fsp3) is 0.0667. The first-order chi connectivity index (χ1) is 10.1. The number of rotatable bonds is 3. The van der Waals surface area contributed by atoms with E-state index in [1.54, 1.807) is 23.0 Å². The number of non-ortho nitro benzene ring substituents is 1. The van der Waals surface area contributed by atoms with Gasteiger partial charge in [-0.2, -0.15) is 0 Å². The zero-order valence-corrected chi connectivity index (χ0v) is 11.3. The number of nitro groups is 1. The summed E-state index contributed by atoms with van der Waals surface area (Å²) in [5, 5.41) is 18.8. The van der Waals surface area contributed by atoms with Gasteiger partial charge in [0.25, 0.3) is 5.69 Å². The van der Waals surface area contributed by atoms with Gasteiger partial charge in [0.05, 0.1) is 16.8 Å². The zero-order valence-electron chi connectivity index (χ0n) is 11.3. The van der Waals surface area contributed by atoms with Gasteiger partial charge in [-0.05, 0) is 19.1 Å². The monoisotopic (exact) mass is 280 g/mol. The summed E-state index contributed by atoms with van der Waals surface area (Å²) in [6.45, 7) is 2.03. The van der Waals surface area contributed by atoms with Gasteiger partial charge in [0.2, 0.25) is 0 Å². The number of hydrogen-bond acceptors (Lipinski definition) is 4. The van der Waals surface area contributed by atoms with E-state index in [-0.39, 0.29) is 5.69 Å². The molecule has 2 aromatic carbocycles. The van der Waals surface area contributed by atoms with E-state index in [0.29, 0.717) is 0 Å². The van der Waals surface area contributed by atoms with Crippen molar-refractivity contribution in [1.29, 1.82) is 0 Å². The topological polar surface area (TPSA) is 73.8 Å². The highest BCUT2D eigenvalue weighted by molar-refractivity contribution is 5.58. The molecule has 0 bridgehead atoms. The predicted octanol–water partition coefficient (Wildman–Crippen LogP) is 3.15. The molecule has 0 unspecified atom stereocenters. The molecule has 104 valence electrons. The van der Waals surface area contributed by atoms with Crippen molar-refractivity contribution in [3.63, 3.8) is 0 Å². The van der Waals surface area contributed by atoms with Crippen molar-refractivity contribution >= 4 is 5.69 Å². The van der Waals surface area contributed by atoms with E-state index >= 15 is 0 Å². The number of aromatic nitrogens is 3. The summed E-state index contributed by atoms with van der Waals surface area (Å²) in [7, 11) is 0. The Morgan fingerprint density at radius 2 is 1.71 bits per heavy atom. The third kappa shape index (κ3) is 2.64. The van der Waals surface area contributed by atoms with Gasteiger partial charge in [0, 0.05) is 17.7 Å². The molecule has 0 aliphatic heterocycles. The quantitative estimate of drug-likeness (QED) is 0.545. The van der Waals surface area contributed by atoms with E-state index in [9.17, 15) is 10.1 Å². The number of aryl methyl sites for hydroxylation is 1. The van der Waals surface area contributed by atoms with Crippen molar-refractivity contribution in [2.24, 2.45) is 0 Å². The highest BCUT2D eigenvalue weighted by Crippen LogP contribution is 2.19. The SMILES string of the molecule is Cc1ccc(-c2cn(-c3ccc([N+](=O)[O-])cc3)nn2)cc1. The molecule has 0 fully saturated rings. The normalized spacial score (nSPS) is 10.5. The Kier molecular flexibility index (Phi) is 3.19. The molecule has 0 N–H and O–H groups in total. The number of hydrogen-bond donors (Lipinski definition) is 0. The second-order valence-corrected chi connectivity index (χ2v) is 4.69. The van der Waals surface area contributed by atoms with Crippen molar-refractivity contribution in [3.05, 3.63) is 70.4 Å². The lowest BCUT2D eigenvalue weighted by molar-refractivity contribution is -0.384. The first-order valence-corrected chi connectivity index (χ1v) is 6.38. The molecule has 21 heavy (non-hydrogen) atoms. The van der Waals surface area contributed by atoms with E-state index in [4.69, 9.17) is 0 Å². The standard InChI is InChI=1S/C15H12N4O2/c1-11-2-4-12(5-3-11)15-10-18(17-16-15)13-6-8-14(9-7-13)19(20)21/h2-10H,1H3. The Morgan fingerprint density at radius 1 is 1.05 bits per heavy atom. The molecule has 0 saturated carbocycles. The van der Waals surface area contributed by atoms with Gasteiger partial charge in [0.15, 0.2) is 0 Å². The summed E-state index contributed by atoms with van der Waals surface area (Å²) in [5.74, 6) is 0. The Bertz CT molecular complexity index is 776. The van der Waals surface area contributed by atoms with Crippen LogP contribution in [0.2, 0.25) is 0 Å². The maximum Gasteiger partial charge on any atom is 0.269 e. The molecular weight excluding hydrogens is 268 g/mol. The molecule has 0 aliphatic rings. The van der Waals surface area contributed by atoms with Crippen LogP contribution >= 0.6 is 0 Å². The molecule has 3 rings (SSSR count). The molecule has 0 aliphatic carbocycles. The molecule has 3 aromatic rings. The average Bonchev–Trinajstić information content (AvgIpc) is 2.98. The van der Waals surface area contributed by atoms with Gasteiger partial charge in [-0.1, -0.05) is 35.0 Å². The summed E-state index contributed by atoms with van der Waals surface area (Å²) in [6.07, 6.45) is 1.80. The Hall–Kier alpha value is -3.02. The lowest BCUT2D eigenvalue weighted by Crippen LogP contribution is -1.95. The minimum Gasteiger partial charge on any atom is -0.258 e. The Labute approximate surface area is 120 Å². The highest BCUT2D eigenvalue weighted by atomic mass is 16.6. The van der Waals surface area contributed by atoms with Crippen LogP contribution in [-0.4, -0.2) is 19.9 Å². The van der Waals surface area contributed by atoms with Crippen LogP contribution < -0.4 is 0 Å². The van der Waals surface area contributed by atoms with Gasteiger partial charge in [0.1, 0.15) is 5.69 Å². The number of nitrogens with zero attached hydrogens (tertiary/aromatic N) is 4. The molecule has 0 atom stereocenters. The minimum atomic E-state index is -0.428. The van der Waals surface area contributed by atoms with Gasteiger partial charge in [-0.3, -0.25) is 10.1 Å². The van der Waals surface area contributed by atoms with Crippen LogP contribution in [0.15, 0.2) is 54.7 Å².